The molecule has 0 aliphatic heterocycles. The van der Waals surface area contributed by atoms with Gasteiger partial charge in [-0.3, -0.25) is 4.79 Å². The minimum atomic E-state index is -0.0230. The number of benzene rings is 3. The Morgan fingerprint density at radius 1 is 0.846 bits per heavy atom. The lowest BCUT2D eigenvalue weighted by atomic mass is 9.99. The highest BCUT2D eigenvalue weighted by Crippen LogP contribution is 2.25. The van der Waals surface area contributed by atoms with Crippen molar-refractivity contribution < 1.29 is 4.79 Å². The van der Waals surface area contributed by atoms with Gasteiger partial charge in [-0.1, -0.05) is 74.5 Å². The van der Waals surface area contributed by atoms with Gasteiger partial charge in [0.15, 0.2) is 0 Å². The van der Waals surface area contributed by atoms with E-state index in [9.17, 15) is 4.79 Å². The number of nitrogens with one attached hydrogen (secondary N) is 2. The predicted molar refractivity (Wildman–Crippen MR) is 110 cm³/mol. The summed E-state index contributed by atoms with van der Waals surface area (Å²) in [5.74, 6) is 0.347. The topological polar surface area (TPSA) is 41.1 Å². The lowest BCUT2D eigenvalue weighted by Crippen LogP contribution is -2.30. The first-order chi connectivity index (χ1) is 12.6. The number of carbonyl (C=O) groups excluding carboxylic acids is 1. The Kier molecular flexibility index (Phi) is 5.69. The van der Waals surface area contributed by atoms with Gasteiger partial charge < -0.3 is 10.6 Å². The van der Waals surface area contributed by atoms with Crippen molar-refractivity contribution in [2.75, 3.05) is 11.9 Å². The summed E-state index contributed by atoms with van der Waals surface area (Å²) >= 11 is 0. The molecule has 0 aromatic heterocycles. The second kappa shape index (κ2) is 8.15. The van der Waals surface area contributed by atoms with Crippen LogP contribution in [0.15, 0.2) is 66.7 Å². The van der Waals surface area contributed by atoms with Crippen molar-refractivity contribution in [1.82, 2.24) is 5.32 Å². The number of hydrogen-bond donors (Lipinski definition) is 2. The molecular formula is C23H26N2O. The van der Waals surface area contributed by atoms with Crippen LogP contribution in [0.5, 0.6) is 0 Å². The molecule has 134 valence electrons. The highest BCUT2D eigenvalue weighted by molar-refractivity contribution is 5.93. The molecule has 0 radical (unpaired) electrons. The van der Waals surface area contributed by atoms with Gasteiger partial charge in [-0.05, 0) is 40.8 Å². The third-order valence-corrected chi connectivity index (χ3v) is 4.72. The molecule has 0 unspecified atom stereocenters. The Bertz CT molecular complexity index is 896. The lowest BCUT2D eigenvalue weighted by molar-refractivity contribution is -0.115. The molecule has 0 fully saturated rings. The first kappa shape index (κ1) is 18.2. The van der Waals surface area contributed by atoms with E-state index < -0.39 is 0 Å². The Labute approximate surface area is 155 Å². The van der Waals surface area contributed by atoms with Crippen LogP contribution in [0.4, 0.5) is 5.69 Å². The van der Waals surface area contributed by atoms with Crippen molar-refractivity contribution in [1.29, 1.82) is 0 Å². The molecule has 0 spiro atoms. The summed E-state index contributed by atoms with van der Waals surface area (Å²) in [5.41, 5.74) is 3.26. The number of rotatable bonds is 6. The largest absolute Gasteiger partial charge is 0.325 e. The van der Waals surface area contributed by atoms with E-state index in [2.05, 4.69) is 67.8 Å². The minimum absolute atomic E-state index is 0.0230. The zero-order valence-electron chi connectivity index (χ0n) is 15.6. The number of anilines is 1. The van der Waals surface area contributed by atoms with Gasteiger partial charge in [-0.2, -0.15) is 0 Å². The maximum Gasteiger partial charge on any atom is 0.238 e. The number of amides is 1. The molecule has 1 atom stereocenters. The van der Waals surface area contributed by atoms with Gasteiger partial charge >= 0.3 is 0 Å². The molecule has 1 amide bonds. The first-order valence-corrected chi connectivity index (χ1v) is 9.16. The van der Waals surface area contributed by atoms with E-state index in [0.29, 0.717) is 5.92 Å². The summed E-state index contributed by atoms with van der Waals surface area (Å²) < 4.78 is 0. The van der Waals surface area contributed by atoms with Crippen molar-refractivity contribution in [3.8, 4) is 0 Å². The van der Waals surface area contributed by atoms with Crippen LogP contribution in [0.1, 0.15) is 43.9 Å². The molecule has 0 saturated carbocycles. The fraction of sp³-hybridized carbons (Fsp3) is 0.261. The van der Waals surface area contributed by atoms with Gasteiger partial charge in [0.1, 0.15) is 0 Å². The number of hydrogen-bond acceptors (Lipinski definition) is 2. The molecule has 3 nitrogen and oxygen atoms in total. The standard InChI is InChI=1S/C23H26N2O/c1-16(2)19-11-6-7-14-22(19)25-23(26)15-24-17(3)20-13-8-10-18-9-4-5-12-21(18)20/h4-14,16-17,24H,15H2,1-3H3,(H,25,26)/t17-/m0/s1. The summed E-state index contributed by atoms with van der Waals surface area (Å²) in [6.45, 7) is 6.63. The average Bonchev–Trinajstić information content (AvgIpc) is 2.66. The van der Waals surface area contributed by atoms with Crippen molar-refractivity contribution in [2.24, 2.45) is 0 Å². The van der Waals surface area contributed by atoms with Crippen molar-refractivity contribution >= 4 is 22.4 Å². The minimum Gasteiger partial charge on any atom is -0.325 e. The van der Waals surface area contributed by atoms with Crippen LogP contribution in [0.25, 0.3) is 10.8 Å². The molecule has 0 bridgehead atoms. The smallest absolute Gasteiger partial charge is 0.238 e. The maximum atomic E-state index is 12.4. The summed E-state index contributed by atoms with van der Waals surface area (Å²) in [6, 6.07) is 22.7. The number of fused-ring (bicyclic) bond motifs is 1. The zero-order chi connectivity index (χ0) is 18.5. The monoisotopic (exact) mass is 346 g/mol. The van der Waals surface area contributed by atoms with E-state index in [4.69, 9.17) is 0 Å². The van der Waals surface area contributed by atoms with E-state index >= 15 is 0 Å². The van der Waals surface area contributed by atoms with E-state index in [-0.39, 0.29) is 18.5 Å². The second-order valence-electron chi connectivity index (χ2n) is 6.96. The molecule has 3 heteroatoms. The van der Waals surface area contributed by atoms with Crippen LogP contribution in [0, 0.1) is 0 Å². The van der Waals surface area contributed by atoms with E-state index in [1.165, 1.54) is 16.3 Å². The maximum absolute atomic E-state index is 12.4. The fourth-order valence-electron chi connectivity index (χ4n) is 3.29. The normalized spacial score (nSPS) is 12.3. The van der Waals surface area contributed by atoms with E-state index in [1.54, 1.807) is 0 Å². The van der Waals surface area contributed by atoms with Crippen molar-refractivity contribution in [2.45, 2.75) is 32.7 Å². The average molecular weight is 346 g/mol. The second-order valence-corrected chi connectivity index (χ2v) is 6.96. The highest BCUT2D eigenvalue weighted by atomic mass is 16.1. The van der Waals surface area contributed by atoms with Gasteiger partial charge in [0, 0.05) is 11.7 Å². The Hall–Kier alpha value is -2.65. The quantitative estimate of drug-likeness (QED) is 0.640. The summed E-state index contributed by atoms with van der Waals surface area (Å²) in [5, 5.41) is 8.82. The van der Waals surface area contributed by atoms with Gasteiger partial charge in [0.25, 0.3) is 0 Å². The zero-order valence-corrected chi connectivity index (χ0v) is 15.6. The molecule has 2 N–H and O–H groups in total. The van der Waals surface area contributed by atoms with Crippen molar-refractivity contribution in [3.63, 3.8) is 0 Å². The molecule has 0 aliphatic carbocycles. The molecule has 0 saturated heterocycles. The first-order valence-electron chi connectivity index (χ1n) is 9.16. The third kappa shape index (κ3) is 4.12. The van der Waals surface area contributed by atoms with Crippen LogP contribution < -0.4 is 10.6 Å². The Morgan fingerprint density at radius 2 is 1.50 bits per heavy atom. The highest BCUT2D eigenvalue weighted by Gasteiger charge is 2.12. The molecule has 3 rings (SSSR count). The summed E-state index contributed by atoms with van der Waals surface area (Å²) in [4.78, 5) is 12.4. The third-order valence-electron chi connectivity index (χ3n) is 4.72. The fourth-order valence-corrected chi connectivity index (χ4v) is 3.29. The van der Waals surface area contributed by atoms with Crippen molar-refractivity contribution in [3.05, 3.63) is 77.9 Å². The number of carbonyl (C=O) groups is 1. The van der Waals surface area contributed by atoms with Gasteiger partial charge in [0.2, 0.25) is 5.91 Å². The Balaban J connectivity index is 1.66. The molecule has 26 heavy (non-hydrogen) atoms. The SMILES string of the molecule is CC(C)c1ccccc1NC(=O)CN[C@@H](C)c1cccc2ccccc12. The van der Waals surface area contributed by atoms with E-state index in [1.807, 2.05) is 30.3 Å². The molecule has 0 heterocycles. The van der Waals surface area contributed by atoms with E-state index in [0.717, 1.165) is 11.3 Å². The van der Waals surface area contributed by atoms with Gasteiger partial charge in [0.05, 0.1) is 6.54 Å². The van der Waals surface area contributed by atoms with Crippen LogP contribution >= 0.6 is 0 Å². The predicted octanol–water partition coefficient (Wildman–Crippen LogP) is 5.25. The van der Waals surface area contributed by atoms with Crippen LogP contribution in [-0.4, -0.2) is 12.5 Å². The molecule has 3 aromatic rings. The van der Waals surface area contributed by atoms with Crippen LogP contribution in [0.3, 0.4) is 0 Å². The molecular weight excluding hydrogens is 320 g/mol. The van der Waals surface area contributed by atoms with Gasteiger partial charge in [-0.15, -0.1) is 0 Å². The summed E-state index contributed by atoms with van der Waals surface area (Å²) in [6.07, 6.45) is 0. The van der Waals surface area contributed by atoms with Gasteiger partial charge in [-0.25, -0.2) is 0 Å². The Morgan fingerprint density at radius 3 is 2.31 bits per heavy atom. The number of para-hydroxylation sites is 1. The summed E-state index contributed by atoms with van der Waals surface area (Å²) in [7, 11) is 0. The van der Waals surface area contributed by atoms with Crippen LogP contribution in [0.2, 0.25) is 0 Å². The van der Waals surface area contributed by atoms with Crippen LogP contribution in [-0.2, 0) is 4.79 Å². The molecule has 0 aliphatic rings. The molecule has 3 aromatic carbocycles. The lowest BCUT2D eigenvalue weighted by Gasteiger charge is -2.18.